The highest BCUT2D eigenvalue weighted by Crippen LogP contribution is 2.23. The first kappa shape index (κ1) is 22.5. The van der Waals surface area contributed by atoms with Crippen LogP contribution in [0.1, 0.15) is 29.0 Å². The fraction of sp³-hybridized carbons (Fsp3) is 0.261. The Morgan fingerprint density at radius 3 is 2.42 bits per heavy atom. The van der Waals surface area contributed by atoms with Gasteiger partial charge in [0.25, 0.3) is 15.9 Å². The van der Waals surface area contributed by atoms with Gasteiger partial charge < -0.3 is 14.7 Å². The fourth-order valence-electron chi connectivity index (χ4n) is 3.71. The van der Waals surface area contributed by atoms with Crippen LogP contribution in [0.25, 0.3) is 0 Å². The molecule has 3 aromatic rings. The smallest absolute Gasteiger partial charge is 0.261 e. The van der Waals surface area contributed by atoms with Crippen molar-refractivity contribution in [3.63, 3.8) is 0 Å². The Bertz CT molecular complexity index is 1250. The van der Waals surface area contributed by atoms with Gasteiger partial charge in [0.2, 0.25) is 5.91 Å². The number of aromatic nitrogens is 1. The zero-order valence-corrected chi connectivity index (χ0v) is 18.8. The monoisotopic (exact) mass is 468 g/mol. The first-order valence-electron chi connectivity index (χ1n) is 10.5. The number of carbonyl (C=O) groups is 2. The lowest BCUT2D eigenvalue weighted by molar-refractivity contribution is -0.121. The number of carbonyl (C=O) groups excluding carboxylic acids is 2. The number of aryl methyl sites for hydroxylation is 1. The van der Waals surface area contributed by atoms with E-state index in [1.165, 1.54) is 18.2 Å². The molecule has 1 fully saturated rings. The van der Waals surface area contributed by atoms with Crippen molar-refractivity contribution in [3.8, 4) is 0 Å². The van der Waals surface area contributed by atoms with Crippen LogP contribution in [0.15, 0.2) is 70.1 Å². The predicted molar refractivity (Wildman–Crippen MR) is 122 cm³/mol. The van der Waals surface area contributed by atoms with Gasteiger partial charge in [0.15, 0.2) is 5.82 Å². The van der Waals surface area contributed by atoms with E-state index in [1.54, 1.807) is 54.3 Å². The standard InChI is InChI=1S/C23H24N4O5S/c1-16-14-21(25-32-16)24-22(28)17-10-12-27(13-11-17)23(29)18-6-5-7-19(15-18)26-33(30,31)20-8-3-2-4-9-20/h2-9,14-15,17,26H,10-13H2,1H3,(H,24,25,28). The molecule has 1 aliphatic rings. The van der Waals surface area contributed by atoms with Gasteiger partial charge in [-0.3, -0.25) is 14.3 Å². The van der Waals surface area contributed by atoms with Crippen molar-refractivity contribution in [1.82, 2.24) is 10.1 Å². The van der Waals surface area contributed by atoms with Crippen LogP contribution >= 0.6 is 0 Å². The zero-order chi connectivity index (χ0) is 23.4. The number of amides is 2. The topological polar surface area (TPSA) is 122 Å². The van der Waals surface area contributed by atoms with Crippen molar-refractivity contribution >= 4 is 33.3 Å². The molecular weight excluding hydrogens is 444 g/mol. The van der Waals surface area contributed by atoms with Gasteiger partial charge in [-0.2, -0.15) is 0 Å². The maximum atomic E-state index is 13.0. The van der Waals surface area contributed by atoms with Crippen LogP contribution in [0.5, 0.6) is 0 Å². The molecule has 1 saturated heterocycles. The molecule has 9 nitrogen and oxygen atoms in total. The maximum Gasteiger partial charge on any atom is 0.261 e. The third-order valence-corrected chi connectivity index (χ3v) is 6.84. The molecule has 0 atom stereocenters. The van der Waals surface area contributed by atoms with Crippen molar-refractivity contribution in [1.29, 1.82) is 0 Å². The highest BCUT2D eigenvalue weighted by molar-refractivity contribution is 7.92. The van der Waals surface area contributed by atoms with Gasteiger partial charge in [0.1, 0.15) is 5.76 Å². The molecule has 172 valence electrons. The van der Waals surface area contributed by atoms with Gasteiger partial charge in [-0.1, -0.05) is 29.4 Å². The number of nitrogens with one attached hydrogen (secondary N) is 2. The predicted octanol–water partition coefficient (Wildman–Crippen LogP) is 3.27. The summed E-state index contributed by atoms with van der Waals surface area (Å²) in [5.41, 5.74) is 0.686. The normalized spacial score (nSPS) is 14.6. The van der Waals surface area contributed by atoms with E-state index < -0.39 is 10.0 Å². The van der Waals surface area contributed by atoms with Crippen LogP contribution in [0.4, 0.5) is 11.5 Å². The molecule has 0 saturated carbocycles. The van der Waals surface area contributed by atoms with Crippen LogP contribution in [0.3, 0.4) is 0 Å². The summed E-state index contributed by atoms with van der Waals surface area (Å²) in [5.74, 6) is 0.411. The first-order valence-corrected chi connectivity index (χ1v) is 12.0. The molecule has 4 rings (SSSR count). The molecule has 0 aliphatic carbocycles. The summed E-state index contributed by atoms with van der Waals surface area (Å²) >= 11 is 0. The second kappa shape index (κ2) is 9.45. The van der Waals surface area contributed by atoms with Crippen LogP contribution in [-0.4, -0.2) is 43.4 Å². The van der Waals surface area contributed by atoms with Crippen molar-refractivity contribution in [2.24, 2.45) is 5.92 Å². The van der Waals surface area contributed by atoms with E-state index in [-0.39, 0.29) is 22.6 Å². The molecule has 0 radical (unpaired) electrons. The molecule has 33 heavy (non-hydrogen) atoms. The fourth-order valence-corrected chi connectivity index (χ4v) is 4.78. The highest BCUT2D eigenvalue weighted by Gasteiger charge is 2.28. The van der Waals surface area contributed by atoms with E-state index in [4.69, 9.17) is 4.52 Å². The number of piperidine rings is 1. The Hall–Kier alpha value is -3.66. The average Bonchev–Trinajstić information content (AvgIpc) is 3.23. The molecule has 2 amide bonds. The number of rotatable bonds is 6. The highest BCUT2D eigenvalue weighted by atomic mass is 32.2. The second-order valence-corrected chi connectivity index (χ2v) is 9.56. The Balaban J connectivity index is 1.37. The van der Waals surface area contributed by atoms with Crippen LogP contribution < -0.4 is 10.0 Å². The first-order chi connectivity index (χ1) is 15.8. The summed E-state index contributed by atoms with van der Waals surface area (Å²) in [6.07, 6.45) is 1.05. The molecule has 0 unspecified atom stereocenters. The lowest BCUT2D eigenvalue weighted by Crippen LogP contribution is -2.41. The summed E-state index contributed by atoms with van der Waals surface area (Å²) in [6.45, 7) is 2.60. The molecule has 1 aromatic heterocycles. The number of anilines is 2. The van der Waals surface area contributed by atoms with Crippen molar-refractivity contribution in [2.75, 3.05) is 23.1 Å². The lowest BCUT2D eigenvalue weighted by atomic mass is 9.95. The minimum atomic E-state index is -3.75. The molecule has 0 spiro atoms. The largest absolute Gasteiger partial charge is 0.360 e. The third-order valence-electron chi connectivity index (χ3n) is 5.45. The number of benzene rings is 2. The Morgan fingerprint density at radius 2 is 1.76 bits per heavy atom. The number of likely N-dealkylation sites (tertiary alicyclic amines) is 1. The van der Waals surface area contributed by atoms with E-state index in [0.29, 0.717) is 48.8 Å². The van der Waals surface area contributed by atoms with E-state index in [2.05, 4.69) is 15.2 Å². The van der Waals surface area contributed by atoms with Gasteiger partial charge in [-0.15, -0.1) is 0 Å². The number of sulfonamides is 1. The van der Waals surface area contributed by atoms with Gasteiger partial charge in [-0.05, 0) is 50.1 Å². The number of hydrogen-bond acceptors (Lipinski definition) is 6. The quantitative estimate of drug-likeness (QED) is 0.573. The van der Waals surface area contributed by atoms with E-state index in [1.807, 2.05) is 0 Å². The van der Waals surface area contributed by atoms with E-state index in [0.717, 1.165) is 0 Å². The maximum absolute atomic E-state index is 13.0. The van der Waals surface area contributed by atoms with Gasteiger partial charge in [-0.25, -0.2) is 8.42 Å². The van der Waals surface area contributed by atoms with Crippen molar-refractivity contribution < 1.29 is 22.5 Å². The molecular formula is C23H24N4O5S. The summed E-state index contributed by atoms with van der Waals surface area (Å²) < 4.78 is 32.6. The Morgan fingerprint density at radius 1 is 1.03 bits per heavy atom. The minimum Gasteiger partial charge on any atom is -0.360 e. The van der Waals surface area contributed by atoms with Crippen LogP contribution in [0.2, 0.25) is 0 Å². The Labute approximate surface area is 191 Å². The number of nitrogens with zero attached hydrogens (tertiary/aromatic N) is 2. The van der Waals surface area contributed by atoms with Crippen LogP contribution in [-0.2, 0) is 14.8 Å². The molecule has 2 N–H and O–H groups in total. The van der Waals surface area contributed by atoms with E-state index >= 15 is 0 Å². The Kier molecular flexibility index (Phi) is 6.45. The summed E-state index contributed by atoms with van der Waals surface area (Å²) in [5, 5.41) is 6.50. The molecule has 0 bridgehead atoms. The van der Waals surface area contributed by atoms with E-state index in [9.17, 15) is 18.0 Å². The molecule has 2 heterocycles. The summed E-state index contributed by atoms with van der Waals surface area (Å²) in [6, 6.07) is 16.1. The zero-order valence-electron chi connectivity index (χ0n) is 18.0. The average molecular weight is 469 g/mol. The summed E-state index contributed by atoms with van der Waals surface area (Å²) in [7, 11) is -3.75. The summed E-state index contributed by atoms with van der Waals surface area (Å²) in [4.78, 5) is 27.3. The van der Waals surface area contributed by atoms with Crippen molar-refractivity contribution in [3.05, 3.63) is 72.0 Å². The molecule has 10 heteroatoms. The molecule has 1 aliphatic heterocycles. The lowest BCUT2D eigenvalue weighted by Gasteiger charge is -2.31. The molecule has 2 aromatic carbocycles. The van der Waals surface area contributed by atoms with Gasteiger partial charge in [0, 0.05) is 36.3 Å². The van der Waals surface area contributed by atoms with Crippen LogP contribution in [0, 0.1) is 12.8 Å². The van der Waals surface area contributed by atoms with Gasteiger partial charge >= 0.3 is 0 Å². The van der Waals surface area contributed by atoms with Gasteiger partial charge in [0.05, 0.1) is 4.90 Å². The number of hydrogen-bond donors (Lipinski definition) is 2. The SMILES string of the molecule is Cc1cc(NC(=O)C2CCN(C(=O)c3cccc(NS(=O)(=O)c4ccccc4)c3)CC2)no1. The second-order valence-electron chi connectivity index (χ2n) is 7.88. The van der Waals surface area contributed by atoms with Crippen molar-refractivity contribution in [2.45, 2.75) is 24.7 Å². The minimum absolute atomic E-state index is 0.142. The third kappa shape index (κ3) is 5.40.